The van der Waals surface area contributed by atoms with E-state index >= 15 is 0 Å². The number of nitrogens with zero attached hydrogens (tertiary/aromatic N) is 4. The second-order valence-electron chi connectivity index (χ2n) is 8.55. The molecule has 128 valence electrons. The van der Waals surface area contributed by atoms with E-state index in [0.29, 0.717) is 5.54 Å². The molecule has 4 bridgehead atoms. The monoisotopic (exact) mass is 342 g/mol. The minimum Gasteiger partial charge on any atom is -0.295 e. The molecule has 4 saturated carbocycles. The standard InChI is InChI=1S/C19H26N4S/c1-22(13-18-3-2-4-24-18)11-17-12-23(21-20-17)19-8-14-5-15(9-19)7-16(6-14)10-19/h2-4,12,14-16H,5-11,13H2,1H3. The number of rotatable bonds is 5. The fourth-order valence-electron chi connectivity index (χ4n) is 5.95. The molecule has 2 heterocycles. The molecular weight excluding hydrogens is 316 g/mol. The molecule has 4 aliphatic rings. The predicted molar refractivity (Wildman–Crippen MR) is 95.7 cm³/mol. The van der Waals surface area contributed by atoms with Crippen molar-refractivity contribution in [1.29, 1.82) is 0 Å². The van der Waals surface area contributed by atoms with Gasteiger partial charge in [-0.05, 0) is 74.8 Å². The van der Waals surface area contributed by atoms with E-state index in [2.05, 4.69) is 50.7 Å². The van der Waals surface area contributed by atoms with Gasteiger partial charge >= 0.3 is 0 Å². The largest absolute Gasteiger partial charge is 0.295 e. The van der Waals surface area contributed by atoms with Gasteiger partial charge in [0, 0.05) is 18.0 Å². The van der Waals surface area contributed by atoms with Gasteiger partial charge in [-0.2, -0.15) is 0 Å². The summed E-state index contributed by atoms with van der Waals surface area (Å²) in [5.41, 5.74) is 1.41. The predicted octanol–water partition coefficient (Wildman–Crippen LogP) is 3.90. The highest BCUT2D eigenvalue weighted by Gasteiger charge is 2.52. The van der Waals surface area contributed by atoms with Gasteiger partial charge < -0.3 is 0 Å². The first kappa shape index (κ1) is 15.1. The van der Waals surface area contributed by atoms with Crippen LogP contribution in [0.2, 0.25) is 0 Å². The maximum Gasteiger partial charge on any atom is 0.0967 e. The Hall–Kier alpha value is -1.20. The summed E-state index contributed by atoms with van der Waals surface area (Å²) in [5.74, 6) is 2.85. The quantitative estimate of drug-likeness (QED) is 0.826. The molecule has 0 spiro atoms. The molecule has 0 N–H and O–H groups in total. The average Bonchev–Trinajstić information content (AvgIpc) is 3.18. The molecule has 6 rings (SSSR count). The van der Waals surface area contributed by atoms with Gasteiger partial charge in [0.1, 0.15) is 0 Å². The van der Waals surface area contributed by atoms with Crippen LogP contribution in [-0.4, -0.2) is 26.9 Å². The molecule has 2 aromatic rings. The molecule has 0 aliphatic heterocycles. The molecule has 0 atom stereocenters. The molecule has 5 heteroatoms. The van der Waals surface area contributed by atoms with Crippen molar-refractivity contribution < 1.29 is 0 Å². The lowest BCUT2D eigenvalue weighted by Crippen LogP contribution is -2.52. The Bertz CT molecular complexity index is 670. The van der Waals surface area contributed by atoms with Gasteiger partial charge in [0.15, 0.2) is 0 Å². The molecular formula is C19H26N4S. The van der Waals surface area contributed by atoms with Crippen LogP contribution >= 0.6 is 11.3 Å². The normalized spacial score (nSPS) is 34.3. The fraction of sp³-hybridized carbons (Fsp3) is 0.684. The van der Waals surface area contributed by atoms with Crippen molar-refractivity contribution in [2.75, 3.05) is 7.05 Å². The van der Waals surface area contributed by atoms with Crippen LogP contribution in [-0.2, 0) is 18.6 Å². The van der Waals surface area contributed by atoms with Crippen LogP contribution in [0.5, 0.6) is 0 Å². The number of thiophene rings is 1. The van der Waals surface area contributed by atoms with E-state index in [1.165, 1.54) is 43.4 Å². The van der Waals surface area contributed by atoms with Crippen molar-refractivity contribution in [3.05, 3.63) is 34.3 Å². The third-order valence-electron chi connectivity index (χ3n) is 6.47. The van der Waals surface area contributed by atoms with Crippen molar-refractivity contribution in [3.63, 3.8) is 0 Å². The smallest absolute Gasteiger partial charge is 0.0967 e. The summed E-state index contributed by atoms with van der Waals surface area (Å²) >= 11 is 1.82. The van der Waals surface area contributed by atoms with Crippen LogP contribution in [0, 0.1) is 17.8 Å². The summed E-state index contributed by atoms with van der Waals surface area (Å²) in [6, 6.07) is 4.32. The highest BCUT2D eigenvalue weighted by atomic mass is 32.1. The van der Waals surface area contributed by atoms with Crippen LogP contribution < -0.4 is 0 Å². The Labute approximate surface area is 147 Å². The Kier molecular flexibility index (Phi) is 3.56. The molecule has 4 aliphatic carbocycles. The number of hydrogen-bond donors (Lipinski definition) is 0. The zero-order valence-corrected chi connectivity index (χ0v) is 15.2. The van der Waals surface area contributed by atoms with Gasteiger partial charge in [0.2, 0.25) is 0 Å². The van der Waals surface area contributed by atoms with Crippen LogP contribution in [0.1, 0.15) is 49.1 Å². The van der Waals surface area contributed by atoms with E-state index in [-0.39, 0.29) is 0 Å². The first-order valence-electron chi connectivity index (χ1n) is 9.31. The molecule has 4 nitrogen and oxygen atoms in total. The Morgan fingerprint density at radius 2 is 1.88 bits per heavy atom. The third-order valence-corrected chi connectivity index (χ3v) is 7.33. The molecule has 4 fully saturated rings. The lowest BCUT2D eigenvalue weighted by atomic mass is 9.53. The van der Waals surface area contributed by atoms with Gasteiger partial charge in [-0.25, -0.2) is 4.68 Å². The second kappa shape index (κ2) is 5.67. The van der Waals surface area contributed by atoms with Gasteiger partial charge in [-0.3, -0.25) is 4.90 Å². The average molecular weight is 343 g/mol. The van der Waals surface area contributed by atoms with Crippen molar-refractivity contribution in [3.8, 4) is 0 Å². The molecule has 0 aromatic carbocycles. The third kappa shape index (κ3) is 2.62. The Morgan fingerprint density at radius 3 is 2.50 bits per heavy atom. The summed E-state index contributed by atoms with van der Waals surface area (Å²) < 4.78 is 2.27. The molecule has 0 amide bonds. The van der Waals surface area contributed by atoms with Gasteiger partial charge in [-0.15, -0.1) is 16.4 Å². The van der Waals surface area contributed by atoms with Crippen LogP contribution in [0.15, 0.2) is 23.7 Å². The summed E-state index contributed by atoms with van der Waals surface area (Å²) in [6.45, 7) is 1.87. The fourth-order valence-corrected chi connectivity index (χ4v) is 6.73. The minimum absolute atomic E-state index is 0.298. The minimum atomic E-state index is 0.298. The van der Waals surface area contributed by atoms with E-state index < -0.39 is 0 Å². The van der Waals surface area contributed by atoms with E-state index in [1.807, 2.05) is 11.3 Å². The van der Waals surface area contributed by atoms with Crippen molar-refractivity contribution in [1.82, 2.24) is 19.9 Å². The van der Waals surface area contributed by atoms with E-state index in [1.54, 1.807) is 0 Å². The second-order valence-corrected chi connectivity index (χ2v) is 9.58. The van der Waals surface area contributed by atoms with E-state index in [0.717, 1.165) is 36.5 Å². The first-order chi connectivity index (χ1) is 11.7. The molecule has 0 unspecified atom stereocenters. The van der Waals surface area contributed by atoms with Crippen molar-refractivity contribution in [2.45, 2.75) is 57.2 Å². The summed E-state index contributed by atoms with van der Waals surface area (Å²) in [6.07, 6.45) is 10.7. The summed E-state index contributed by atoms with van der Waals surface area (Å²) in [4.78, 5) is 3.74. The first-order valence-corrected chi connectivity index (χ1v) is 10.2. The topological polar surface area (TPSA) is 34.0 Å². The van der Waals surface area contributed by atoms with Crippen molar-refractivity contribution in [2.24, 2.45) is 17.8 Å². The molecule has 2 aromatic heterocycles. The molecule has 24 heavy (non-hydrogen) atoms. The lowest BCUT2D eigenvalue weighted by Gasteiger charge is -2.56. The van der Waals surface area contributed by atoms with Crippen LogP contribution in [0.4, 0.5) is 0 Å². The highest BCUT2D eigenvalue weighted by Crippen LogP contribution is 2.58. The zero-order chi connectivity index (χ0) is 16.1. The van der Waals surface area contributed by atoms with E-state index in [4.69, 9.17) is 0 Å². The van der Waals surface area contributed by atoms with Gasteiger partial charge in [0.05, 0.1) is 17.4 Å². The Morgan fingerprint density at radius 1 is 1.17 bits per heavy atom. The maximum absolute atomic E-state index is 4.60. The lowest BCUT2D eigenvalue weighted by molar-refractivity contribution is -0.0502. The molecule has 0 radical (unpaired) electrons. The SMILES string of the molecule is CN(Cc1cn(C23CC4CC(CC(C4)C2)C3)nn1)Cc1cccs1. The van der Waals surface area contributed by atoms with Gasteiger partial charge in [-0.1, -0.05) is 11.3 Å². The maximum atomic E-state index is 4.60. The summed E-state index contributed by atoms with van der Waals surface area (Å²) in [7, 11) is 2.17. The highest BCUT2D eigenvalue weighted by molar-refractivity contribution is 7.09. The van der Waals surface area contributed by atoms with Crippen LogP contribution in [0.25, 0.3) is 0 Å². The van der Waals surface area contributed by atoms with Crippen LogP contribution in [0.3, 0.4) is 0 Å². The van der Waals surface area contributed by atoms with Gasteiger partial charge in [0.25, 0.3) is 0 Å². The number of aromatic nitrogens is 3. The van der Waals surface area contributed by atoms with Crippen molar-refractivity contribution >= 4 is 11.3 Å². The van der Waals surface area contributed by atoms with E-state index in [9.17, 15) is 0 Å². The Balaban J connectivity index is 1.31. The molecule has 0 saturated heterocycles. The zero-order valence-electron chi connectivity index (χ0n) is 14.4. The number of hydrogen-bond acceptors (Lipinski definition) is 4. The summed E-state index contributed by atoms with van der Waals surface area (Å²) in [5, 5.41) is 11.3.